The fourth-order valence-electron chi connectivity index (χ4n) is 2.80. The summed E-state index contributed by atoms with van der Waals surface area (Å²) in [6, 6.07) is 9.07. The molecular formula is C16H21F2NO2. The van der Waals surface area contributed by atoms with Crippen molar-refractivity contribution >= 4 is 6.29 Å². The first kappa shape index (κ1) is 16.0. The van der Waals surface area contributed by atoms with Gasteiger partial charge in [-0.1, -0.05) is 30.3 Å². The summed E-state index contributed by atoms with van der Waals surface area (Å²) < 4.78 is 26.3. The van der Waals surface area contributed by atoms with E-state index >= 15 is 0 Å². The summed E-state index contributed by atoms with van der Waals surface area (Å²) >= 11 is 0. The number of carbonyl (C=O) groups excluding carboxylic acids is 1. The number of aliphatic hydroxyl groups excluding tert-OH is 1. The molecule has 2 unspecified atom stereocenters. The molecule has 1 fully saturated rings. The summed E-state index contributed by atoms with van der Waals surface area (Å²) in [6.07, 6.45) is 0.399. The maximum atomic E-state index is 13.1. The lowest BCUT2D eigenvalue weighted by Gasteiger charge is -2.33. The monoisotopic (exact) mass is 297 g/mol. The zero-order valence-corrected chi connectivity index (χ0v) is 11.8. The lowest BCUT2D eigenvalue weighted by molar-refractivity contribution is -0.108. The van der Waals surface area contributed by atoms with Gasteiger partial charge in [0, 0.05) is 25.3 Å². The SMILES string of the molecule is O=CCC(NC(O)C1CCC(F)(F)CC1)c1ccccc1. The maximum Gasteiger partial charge on any atom is 0.248 e. The molecule has 0 bridgehead atoms. The minimum atomic E-state index is -2.60. The van der Waals surface area contributed by atoms with E-state index in [4.69, 9.17) is 0 Å². The molecule has 2 N–H and O–H groups in total. The summed E-state index contributed by atoms with van der Waals surface area (Å²) in [5, 5.41) is 13.2. The summed E-state index contributed by atoms with van der Waals surface area (Å²) in [6.45, 7) is 0. The number of hydrogen-bond donors (Lipinski definition) is 2. The Morgan fingerprint density at radius 2 is 1.90 bits per heavy atom. The molecule has 2 rings (SSSR count). The Morgan fingerprint density at radius 3 is 2.48 bits per heavy atom. The summed E-state index contributed by atoms with van der Waals surface area (Å²) in [7, 11) is 0. The predicted molar refractivity (Wildman–Crippen MR) is 75.9 cm³/mol. The smallest absolute Gasteiger partial charge is 0.248 e. The molecular weight excluding hydrogens is 276 g/mol. The van der Waals surface area contributed by atoms with Crippen LogP contribution in [0.2, 0.25) is 0 Å². The van der Waals surface area contributed by atoms with E-state index in [1.807, 2.05) is 30.3 Å². The van der Waals surface area contributed by atoms with E-state index in [9.17, 15) is 18.7 Å². The van der Waals surface area contributed by atoms with Gasteiger partial charge in [0.15, 0.2) is 0 Å². The third-order valence-corrected chi connectivity index (χ3v) is 4.11. The number of halogens is 2. The van der Waals surface area contributed by atoms with Crippen LogP contribution in [0.25, 0.3) is 0 Å². The molecule has 0 saturated heterocycles. The lowest BCUT2D eigenvalue weighted by atomic mass is 9.85. The van der Waals surface area contributed by atoms with Crippen molar-refractivity contribution in [1.82, 2.24) is 5.32 Å². The normalized spacial score (nSPS) is 21.7. The van der Waals surface area contributed by atoms with E-state index < -0.39 is 12.2 Å². The largest absolute Gasteiger partial charge is 0.378 e. The fourth-order valence-corrected chi connectivity index (χ4v) is 2.80. The number of hydrogen-bond acceptors (Lipinski definition) is 3. The van der Waals surface area contributed by atoms with E-state index in [2.05, 4.69) is 5.32 Å². The highest BCUT2D eigenvalue weighted by Gasteiger charge is 2.37. The quantitative estimate of drug-likeness (QED) is 0.627. The molecule has 116 valence electrons. The first-order chi connectivity index (χ1) is 10.0. The molecule has 0 radical (unpaired) electrons. The van der Waals surface area contributed by atoms with Gasteiger partial charge in [-0.25, -0.2) is 8.78 Å². The van der Waals surface area contributed by atoms with Gasteiger partial charge in [-0.2, -0.15) is 0 Å². The molecule has 1 aliphatic rings. The van der Waals surface area contributed by atoms with Gasteiger partial charge in [-0.3, -0.25) is 5.32 Å². The van der Waals surface area contributed by atoms with E-state index in [-0.39, 0.29) is 31.2 Å². The molecule has 0 amide bonds. The van der Waals surface area contributed by atoms with Crippen LogP contribution >= 0.6 is 0 Å². The fraction of sp³-hybridized carbons (Fsp3) is 0.562. The minimum Gasteiger partial charge on any atom is -0.378 e. The van der Waals surface area contributed by atoms with Gasteiger partial charge in [0.1, 0.15) is 12.5 Å². The zero-order chi connectivity index (χ0) is 15.3. The van der Waals surface area contributed by atoms with Crippen LogP contribution < -0.4 is 5.32 Å². The van der Waals surface area contributed by atoms with Crippen LogP contribution in [0.3, 0.4) is 0 Å². The van der Waals surface area contributed by atoms with Gasteiger partial charge >= 0.3 is 0 Å². The van der Waals surface area contributed by atoms with Crippen LogP contribution in [0.15, 0.2) is 30.3 Å². The van der Waals surface area contributed by atoms with Crippen molar-refractivity contribution in [3.05, 3.63) is 35.9 Å². The average molecular weight is 297 g/mol. The van der Waals surface area contributed by atoms with E-state index in [1.54, 1.807) is 0 Å². The third-order valence-electron chi connectivity index (χ3n) is 4.11. The van der Waals surface area contributed by atoms with Crippen LogP contribution in [0.1, 0.15) is 43.7 Å². The Balaban J connectivity index is 1.96. The molecule has 1 aromatic carbocycles. The Labute approximate surface area is 123 Å². The highest BCUT2D eigenvalue weighted by atomic mass is 19.3. The van der Waals surface area contributed by atoms with Crippen molar-refractivity contribution in [3.8, 4) is 0 Å². The van der Waals surface area contributed by atoms with E-state index in [0.717, 1.165) is 11.8 Å². The van der Waals surface area contributed by atoms with Crippen LogP contribution in [0.4, 0.5) is 8.78 Å². The van der Waals surface area contributed by atoms with Crippen LogP contribution in [-0.4, -0.2) is 23.5 Å². The van der Waals surface area contributed by atoms with Crippen LogP contribution in [0, 0.1) is 5.92 Å². The van der Waals surface area contributed by atoms with Crippen molar-refractivity contribution in [2.24, 2.45) is 5.92 Å². The second-order valence-corrected chi connectivity index (χ2v) is 5.67. The number of nitrogens with one attached hydrogen (secondary N) is 1. The Morgan fingerprint density at radius 1 is 1.29 bits per heavy atom. The summed E-state index contributed by atoms with van der Waals surface area (Å²) in [4.78, 5) is 10.8. The van der Waals surface area contributed by atoms with Gasteiger partial charge in [0.2, 0.25) is 5.92 Å². The van der Waals surface area contributed by atoms with Gasteiger partial charge in [0.05, 0.1) is 0 Å². The second-order valence-electron chi connectivity index (χ2n) is 5.67. The number of rotatable bonds is 6. The molecule has 5 heteroatoms. The van der Waals surface area contributed by atoms with Crippen LogP contribution in [-0.2, 0) is 4.79 Å². The Bertz CT molecular complexity index is 443. The number of benzene rings is 1. The van der Waals surface area contributed by atoms with Gasteiger partial charge in [-0.05, 0) is 24.3 Å². The predicted octanol–water partition coefficient (Wildman–Crippen LogP) is 3.05. The van der Waals surface area contributed by atoms with Crippen molar-refractivity contribution < 1.29 is 18.7 Å². The number of aliphatic hydroxyl groups is 1. The summed E-state index contributed by atoms with van der Waals surface area (Å²) in [5.41, 5.74) is 0.907. The van der Waals surface area contributed by atoms with Crippen molar-refractivity contribution in [2.75, 3.05) is 0 Å². The zero-order valence-electron chi connectivity index (χ0n) is 11.8. The molecule has 3 nitrogen and oxygen atoms in total. The first-order valence-corrected chi connectivity index (χ1v) is 7.32. The Kier molecular flexibility index (Phi) is 5.42. The van der Waals surface area contributed by atoms with Gasteiger partial charge in [0.25, 0.3) is 0 Å². The summed E-state index contributed by atoms with van der Waals surface area (Å²) in [5.74, 6) is -2.79. The molecule has 1 aromatic rings. The standard InChI is InChI=1S/C16H21F2NO2/c17-16(18)9-6-13(7-10-16)15(21)19-14(8-11-20)12-4-2-1-3-5-12/h1-5,11,13-15,19,21H,6-10H2. The van der Waals surface area contributed by atoms with Gasteiger partial charge in [-0.15, -0.1) is 0 Å². The molecule has 21 heavy (non-hydrogen) atoms. The Hall–Kier alpha value is -1.33. The highest BCUT2D eigenvalue weighted by molar-refractivity contribution is 5.51. The van der Waals surface area contributed by atoms with Gasteiger partial charge < -0.3 is 9.90 Å². The molecule has 0 aliphatic heterocycles. The average Bonchev–Trinajstić information content (AvgIpc) is 2.47. The number of alkyl halides is 2. The molecule has 1 saturated carbocycles. The molecule has 0 aromatic heterocycles. The van der Waals surface area contributed by atoms with E-state index in [1.165, 1.54) is 0 Å². The van der Waals surface area contributed by atoms with Crippen LogP contribution in [0.5, 0.6) is 0 Å². The molecule has 0 spiro atoms. The molecule has 0 heterocycles. The number of carbonyl (C=O) groups is 1. The van der Waals surface area contributed by atoms with Crippen molar-refractivity contribution in [1.29, 1.82) is 0 Å². The third kappa shape index (κ3) is 4.58. The first-order valence-electron chi connectivity index (χ1n) is 7.32. The second kappa shape index (κ2) is 7.09. The minimum absolute atomic E-state index is 0.180. The maximum absolute atomic E-state index is 13.1. The van der Waals surface area contributed by atoms with Crippen molar-refractivity contribution in [3.63, 3.8) is 0 Å². The molecule has 1 aliphatic carbocycles. The topological polar surface area (TPSA) is 49.3 Å². The highest BCUT2D eigenvalue weighted by Crippen LogP contribution is 2.37. The molecule has 2 atom stereocenters. The number of aldehydes is 1. The lowest BCUT2D eigenvalue weighted by Crippen LogP contribution is -2.41. The van der Waals surface area contributed by atoms with E-state index in [0.29, 0.717) is 12.8 Å². The van der Waals surface area contributed by atoms with Crippen molar-refractivity contribution in [2.45, 2.75) is 50.3 Å².